The van der Waals surface area contributed by atoms with Crippen molar-refractivity contribution in [3.63, 3.8) is 0 Å². The number of halogens is 3. The Morgan fingerprint density at radius 1 is 1.16 bits per heavy atom. The molecule has 4 saturated heterocycles. The molecule has 9 nitrogen and oxygen atoms in total. The molecule has 12 heteroatoms. The first kappa shape index (κ1) is 28.6. The van der Waals surface area contributed by atoms with E-state index in [1.54, 1.807) is 4.90 Å². The number of phenols is 1. The molecule has 0 amide bonds. The van der Waals surface area contributed by atoms with Crippen LogP contribution in [0.1, 0.15) is 53.3 Å². The van der Waals surface area contributed by atoms with E-state index in [0.29, 0.717) is 50.3 Å². The van der Waals surface area contributed by atoms with Gasteiger partial charge < -0.3 is 24.8 Å². The average molecular weight is 673 g/mol. The van der Waals surface area contributed by atoms with Crippen LogP contribution in [0.4, 0.5) is 19.0 Å². The summed E-state index contributed by atoms with van der Waals surface area (Å²) in [6.07, 6.45) is 11.1. The van der Waals surface area contributed by atoms with Crippen LogP contribution >= 0.6 is 0 Å². The molecule has 254 valence electrons. The van der Waals surface area contributed by atoms with Crippen molar-refractivity contribution in [1.29, 1.82) is 0 Å². The highest BCUT2D eigenvalue weighted by Gasteiger charge is 2.50. The molecule has 6 heterocycles. The van der Waals surface area contributed by atoms with Gasteiger partial charge in [-0.2, -0.15) is 9.97 Å². The molecule has 9 rings (SSSR count). The molecule has 4 atom stereocenters. The van der Waals surface area contributed by atoms with Gasteiger partial charge in [-0.3, -0.25) is 9.88 Å². The van der Waals surface area contributed by atoms with Gasteiger partial charge >= 0.3 is 6.01 Å². The number of fused-ring (bicyclic) bond motifs is 5. The first-order valence-electron chi connectivity index (χ1n) is 18.0. The minimum atomic E-state index is -2.41. The lowest BCUT2D eigenvalue weighted by Gasteiger charge is -2.42. The largest absolute Gasteiger partial charge is 0.508 e. The first-order valence-corrected chi connectivity index (χ1v) is 17.0. The predicted molar refractivity (Wildman–Crippen MR) is 178 cm³/mol. The minimum absolute atomic E-state index is 0.0372. The van der Waals surface area contributed by atoms with E-state index in [4.69, 9.17) is 23.6 Å². The molecule has 0 unspecified atom stereocenters. The van der Waals surface area contributed by atoms with Crippen molar-refractivity contribution in [1.82, 2.24) is 25.2 Å². The summed E-state index contributed by atoms with van der Waals surface area (Å²) in [4.78, 5) is 17.5. The summed E-state index contributed by atoms with van der Waals surface area (Å²) in [7, 11) is 0. The number of phenolic OH excluding ortho intramolecular Hbond substituents is 1. The van der Waals surface area contributed by atoms with Gasteiger partial charge in [0.05, 0.1) is 37.5 Å². The quantitative estimate of drug-likeness (QED) is 0.243. The van der Waals surface area contributed by atoms with Crippen molar-refractivity contribution in [2.45, 2.75) is 74.3 Å². The number of benzene rings is 2. The van der Waals surface area contributed by atoms with Gasteiger partial charge in [-0.1, -0.05) is 12.0 Å². The Kier molecular flexibility index (Phi) is 6.68. The van der Waals surface area contributed by atoms with Crippen molar-refractivity contribution < 1.29 is 30.5 Å². The predicted octanol–water partition coefficient (Wildman–Crippen LogP) is 5.26. The molecule has 0 radical (unpaired) electrons. The zero-order valence-corrected chi connectivity index (χ0v) is 26.8. The number of ether oxygens (including phenoxy) is 2. The van der Waals surface area contributed by atoms with E-state index < -0.39 is 35.9 Å². The lowest BCUT2D eigenvalue weighted by Crippen LogP contribution is -2.62. The minimum Gasteiger partial charge on any atom is -0.508 e. The van der Waals surface area contributed by atoms with Gasteiger partial charge in [-0.15, -0.1) is 6.42 Å². The second-order valence-corrected chi connectivity index (χ2v) is 14.3. The number of aromatic nitrogens is 3. The van der Waals surface area contributed by atoms with Crippen LogP contribution in [0.15, 0.2) is 30.5 Å². The standard InChI is InChI=1S/C37H37F3N6O3/c1-2-26-29(39)7-4-21-12-24(47)13-27(30(21)26)32-31(40)33-28(15-41-32)34(45-17-23-8-10-36(18-45,44-23)19-48-25-5-6-25)43-35(42-33)49-20-37-9-3-11-46(37)16-22(38)14-37/h1,4,7,12-13,15,22-23,25,44,47H,3,5-6,8-11,14,16-20H2/t22-,23+,36-,37+/m1/s1/i20D2. The zero-order valence-electron chi connectivity index (χ0n) is 28.8. The fourth-order valence-corrected chi connectivity index (χ4v) is 8.47. The number of pyridine rings is 1. The number of rotatable bonds is 8. The number of hydrogen-bond donors (Lipinski definition) is 2. The summed E-state index contributed by atoms with van der Waals surface area (Å²) in [6.45, 7) is -0.219. The van der Waals surface area contributed by atoms with Crippen LogP contribution in [0.25, 0.3) is 32.9 Å². The SMILES string of the molecule is [2H]C([2H])(Oc1nc(N2C[C@@H]3CC[C@](COC4CC4)(C2)N3)c2cnc(-c3cc(O)cc4ccc(F)c(C#C)c34)c(F)c2n1)[C@@]12CCCN1C[C@H](F)C2. The summed E-state index contributed by atoms with van der Waals surface area (Å²) in [5, 5.41) is 15.2. The zero-order chi connectivity index (χ0) is 35.3. The van der Waals surface area contributed by atoms with Crippen molar-refractivity contribution in [2.75, 3.05) is 44.2 Å². The average Bonchev–Trinajstić information content (AvgIpc) is 3.65. The van der Waals surface area contributed by atoms with E-state index in [1.807, 2.05) is 4.90 Å². The van der Waals surface area contributed by atoms with E-state index in [-0.39, 0.29) is 69.5 Å². The highest BCUT2D eigenvalue weighted by Crippen LogP contribution is 2.43. The van der Waals surface area contributed by atoms with Gasteiger partial charge in [-0.25, -0.2) is 13.2 Å². The number of nitrogens with zero attached hydrogens (tertiary/aromatic N) is 5. The Morgan fingerprint density at radius 3 is 2.88 bits per heavy atom. The smallest absolute Gasteiger partial charge is 0.319 e. The van der Waals surface area contributed by atoms with E-state index in [9.17, 15) is 13.9 Å². The van der Waals surface area contributed by atoms with Gasteiger partial charge in [0.25, 0.3) is 0 Å². The van der Waals surface area contributed by atoms with Crippen LogP contribution in [0.2, 0.25) is 0 Å². The molecule has 4 aliphatic heterocycles. The van der Waals surface area contributed by atoms with E-state index in [1.165, 1.54) is 30.5 Å². The summed E-state index contributed by atoms with van der Waals surface area (Å²) in [5.41, 5.74) is -2.06. The van der Waals surface area contributed by atoms with Crippen LogP contribution in [0.5, 0.6) is 11.8 Å². The number of alkyl halides is 1. The molecule has 5 aliphatic rings. The van der Waals surface area contributed by atoms with Crippen molar-refractivity contribution in [3.8, 4) is 35.4 Å². The maximum Gasteiger partial charge on any atom is 0.319 e. The third kappa shape index (κ3) is 5.25. The highest BCUT2D eigenvalue weighted by atomic mass is 19.1. The van der Waals surface area contributed by atoms with Crippen LogP contribution in [0, 0.1) is 24.0 Å². The maximum atomic E-state index is 17.1. The molecule has 2 bridgehead atoms. The molecule has 2 aromatic heterocycles. The molecule has 2 N–H and O–H groups in total. The lowest BCUT2D eigenvalue weighted by molar-refractivity contribution is 0.0606. The Hall–Kier alpha value is -4.18. The third-order valence-electron chi connectivity index (χ3n) is 10.9. The Bertz CT molecular complexity index is 2130. The lowest BCUT2D eigenvalue weighted by atomic mass is 9.95. The van der Waals surface area contributed by atoms with Gasteiger partial charge in [-0.05, 0) is 68.7 Å². The molecule has 0 spiro atoms. The molecule has 1 saturated carbocycles. The third-order valence-corrected chi connectivity index (χ3v) is 10.9. The van der Waals surface area contributed by atoms with Crippen LogP contribution in [-0.2, 0) is 4.74 Å². The molecule has 5 fully saturated rings. The molecular weight excluding hydrogens is 633 g/mol. The summed E-state index contributed by atoms with van der Waals surface area (Å²) in [6, 6.07) is 5.03. The van der Waals surface area contributed by atoms with Gasteiger partial charge in [0.1, 0.15) is 41.3 Å². The number of nitrogens with one attached hydrogen (secondary N) is 1. The first-order chi connectivity index (χ1) is 24.5. The molecule has 2 aromatic carbocycles. The molecule has 4 aromatic rings. The number of anilines is 1. The van der Waals surface area contributed by atoms with E-state index >= 15 is 4.39 Å². The monoisotopic (exact) mass is 672 g/mol. The number of terminal acetylenes is 1. The van der Waals surface area contributed by atoms with Crippen LogP contribution in [0.3, 0.4) is 0 Å². The van der Waals surface area contributed by atoms with Crippen molar-refractivity contribution in [3.05, 3.63) is 47.7 Å². The second-order valence-electron chi connectivity index (χ2n) is 14.3. The highest BCUT2D eigenvalue weighted by molar-refractivity contribution is 6.03. The maximum absolute atomic E-state index is 17.1. The van der Waals surface area contributed by atoms with Crippen molar-refractivity contribution in [2.24, 2.45) is 0 Å². The molecular formula is C37H37F3N6O3. The van der Waals surface area contributed by atoms with Crippen LogP contribution in [-0.4, -0.2) is 93.7 Å². The molecule has 1 aliphatic carbocycles. The Morgan fingerprint density at radius 2 is 2.04 bits per heavy atom. The van der Waals surface area contributed by atoms with Crippen molar-refractivity contribution >= 4 is 27.5 Å². The normalized spacial score (nSPS) is 28.9. The summed E-state index contributed by atoms with van der Waals surface area (Å²) >= 11 is 0. The van der Waals surface area contributed by atoms with Gasteiger partial charge in [0, 0.05) is 49.2 Å². The van der Waals surface area contributed by atoms with Crippen LogP contribution < -0.4 is 15.0 Å². The fourth-order valence-electron chi connectivity index (χ4n) is 8.47. The Balaban J connectivity index is 1.20. The summed E-state index contributed by atoms with van der Waals surface area (Å²) in [5.74, 6) is 0.877. The second kappa shape index (κ2) is 11.4. The number of aromatic hydroxyl groups is 1. The molecule has 49 heavy (non-hydrogen) atoms. The number of piperazine rings is 1. The van der Waals surface area contributed by atoms with E-state index in [2.05, 4.69) is 21.2 Å². The van der Waals surface area contributed by atoms with Gasteiger partial charge in [0.15, 0.2) is 5.82 Å². The fraction of sp³-hybridized carbons (Fsp3) is 0.486. The topological polar surface area (TPSA) is 95.9 Å². The summed E-state index contributed by atoms with van der Waals surface area (Å²) < 4.78 is 77.3. The Labute approximate surface area is 284 Å². The van der Waals surface area contributed by atoms with Gasteiger partial charge in [0.2, 0.25) is 0 Å². The van der Waals surface area contributed by atoms with E-state index in [0.717, 1.165) is 25.7 Å². The number of hydrogen-bond acceptors (Lipinski definition) is 9.